The Labute approximate surface area is 110 Å². The molecule has 1 aliphatic rings. The Morgan fingerprint density at radius 2 is 2.00 bits per heavy atom. The van der Waals surface area contributed by atoms with Crippen LogP contribution in [0.1, 0.15) is 38.2 Å². The van der Waals surface area contributed by atoms with Crippen molar-refractivity contribution in [1.82, 2.24) is 0 Å². The Morgan fingerprint density at radius 1 is 1.33 bits per heavy atom. The first-order valence-electron chi connectivity index (χ1n) is 6.57. The molecular formula is C14H21NO2S. The van der Waals surface area contributed by atoms with Crippen molar-refractivity contribution in [3.63, 3.8) is 0 Å². The molecule has 0 radical (unpaired) electrons. The molecule has 3 nitrogen and oxygen atoms in total. The molecule has 0 saturated carbocycles. The first kappa shape index (κ1) is 13.4. The molecule has 0 amide bonds. The average Bonchev–Trinajstić information content (AvgIpc) is 2.68. The van der Waals surface area contributed by atoms with Gasteiger partial charge in [-0.1, -0.05) is 26.0 Å². The maximum atomic E-state index is 11.4. The molecule has 2 atom stereocenters. The third kappa shape index (κ3) is 3.25. The third-order valence-corrected chi connectivity index (χ3v) is 5.46. The van der Waals surface area contributed by atoms with E-state index in [-0.39, 0.29) is 11.8 Å². The summed E-state index contributed by atoms with van der Waals surface area (Å²) in [6, 6.07) is 8.42. The van der Waals surface area contributed by atoms with Crippen LogP contribution in [0.3, 0.4) is 0 Å². The van der Waals surface area contributed by atoms with Crippen molar-refractivity contribution in [2.75, 3.05) is 16.8 Å². The summed E-state index contributed by atoms with van der Waals surface area (Å²) in [5.41, 5.74) is 2.35. The summed E-state index contributed by atoms with van der Waals surface area (Å²) in [6.07, 6.45) is 1.85. The second-order valence-corrected chi connectivity index (χ2v) is 7.40. The smallest absolute Gasteiger partial charge is 0.152 e. The summed E-state index contributed by atoms with van der Waals surface area (Å²) in [4.78, 5) is 0. The molecule has 1 aliphatic heterocycles. The molecule has 0 bridgehead atoms. The second-order valence-electron chi connectivity index (χ2n) is 5.18. The van der Waals surface area contributed by atoms with E-state index in [2.05, 4.69) is 31.3 Å². The van der Waals surface area contributed by atoms with E-state index in [0.29, 0.717) is 11.7 Å². The zero-order chi connectivity index (χ0) is 13.2. The zero-order valence-electron chi connectivity index (χ0n) is 11.0. The number of nitrogens with one attached hydrogen (secondary N) is 1. The van der Waals surface area contributed by atoms with Crippen molar-refractivity contribution in [2.24, 2.45) is 0 Å². The molecule has 4 heteroatoms. The largest absolute Gasteiger partial charge is 0.381 e. The van der Waals surface area contributed by atoms with Gasteiger partial charge in [-0.05, 0) is 36.5 Å². The monoisotopic (exact) mass is 267 g/mol. The van der Waals surface area contributed by atoms with E-state index >= 15 is 0 Å². The molecule has 1 fully saturated rings. The number of sulfone groups is 1. The summed E-state index contributed by atoms with van der Waals surface area (Å²) in [5.74, 6) is 1.15. The maximum absolute atomic E-state index is 11.4. The zero-order valence-corrected chi connectivity index (χ0v) is 11.8. The Bertz CT molecular complexity index is 493. The van der Waals surface area contributed by atoms with Gasteiger partial charge in [0, 0.05) is 11.7 Å². The van der Waals surface area contributed by atoms with Gasteiger partial charge in [0.1, 0.15) is 0 Å². The Balaban J connectivity index is 1.99. The molecule has 0 aromatic heterocycles. The predicted octanol–water partition coefficient (Wildman–Crippen LogP) is 2.80. The standard InChI is InChI=1S/C14H21NO2S/c1-3-11(2)12-4-6-13(7-5-12)15-14-8-9-18(16,17)10-14/h4-7,11,14-15H,3,8-10H2,1-2H3. The SMILES string of the molecule is CCC(C)c1ccc(NC2CCS(=O)(=O)C2)cc1. The summed E-state index contributed by atoms with van der Waals surface area (Å²) in [7, 11) is -2.80. The number of hydrogen-bond acceptors (Lipinski definition) is 3. The number of rotatable bonds is 4. The summed E-state index contributed by atoms with van der Waals surface area (Å²) < 4.78 is 22.7. The highest BCUT2D eigenvalue weighted by molar-refractivity contribution is 7.91. The highest BCUT2D eigenvalue weighted by Crippen LogP contribution is 2.22. The van der Waals surface area contributed by atoms with Gasteiger partial charge in [-0.2, -0.15) is 0 Å². The Morgan fingerprint density at radius 3 is 2.50 bits per heavy atom. The number of benzene rings is 1. The Kier molecular flexibility index (Phi) is 3.95. The van der Waals surface area contributed by atoms with Crippen LogP contribution in [0.4, 0.5) is 5.69 Å². The van der Waals surface area contributed by atoms with Gasteiger partial charge in [-0.25, -0.2) is 8.42 Å². The molecular weight excluding hydrogens is 246 g/mol. The summed E-state index contributed by atoms with van der Waals surface area (Å²) >= 11 is 0. The van der Waals surface area contributed by atoms with E-state index in [9.17, 15) is 8.42 Å². The molecule has 1 saturated heterocycles. The van der Waals surface area contributed by atoms with Gasteiger partial charge in [0.2, 0.25) is 0 Å². The lowest BCUT2D eigenvalue weighted by molar-refractivity contribution is 0.602. The van der Waals surface area contributed by atoms with Crippen molar-refractivity contribution >= 4 is 15.5 Å². The van der Waals surface area contributed by atoms with Crippen molar-refractivity contribution in [3.05, 3.63) is 29.8 Å². The fourth-order valence-corrected chi connectivity index (χ4v) is 3.96. The quantitative estimate of drug-likeness (QED) is 0.912. The molecule has 1 aromatic rings. The molecule has 1 N–H and O–H groups in total. The van der Waals surface area contributed by atoms with E-state index in [1.165, 1.54) is 5.56 Å². The fraction of sp³-hybridized carbons (Fsp3) is 0.571. The minimum Gasteiger partial charge on any atom is -0.381 e. The van der Waals surface area contributed by atoms with Crippen LogP contribution in [0, 0.1) is 0 Å². The molecule has 1 aromatic carbocycles. The molecule has 0 spiro atoms. The lowest BCUT2D eigenvalue weighted by Gasteiger charge is -2.14. The van der Waals surface area contributed by atoms with Gasteiger partial charge in [0.05, 0.1) is 11.5 Å². The number of anilines is 1. The fourth-order valence-electron chi connectivity index (χ4n) is 2.29. The average molecular weight is 267 g/mol. The molecule has 2 rings (SSSR count). The highest BCUT2D eigenvalue weighted by Gasteiger charge is 2.27. The lowest BCUT2D eigenvalue weighted by atomic mass is 9.98. The van der Waals surface area contributed by atoms with Crippen LogP contribution >= 0.6 is 0 Å². The lowest BCUT2D eigenvalue weighted by Crippen LogP contribution is -2.20. The normalized spacial score (nSPS) is 23.8. The van der Waals surface area contributed by atoms with Gasteiger partial charge >= 0.3 is 0 Å². The molecule has 18 heavy (non-hydrogen) atoms. The predicted molar refractivity (Wildman–Crippen MR) is 75.8 cm³/mol. The van der Waals surface area contributed by atoms with Crippen molar-refractivity contribution in [1.29, 1.82) is 0 Å². The van der Waals surface area contributed by atoms with Crippen molar-refractivity contribution in [2.45, 2.75) is 38.6 Å². The van der Waals surface area contributed by atoms with Crippen LogP contribution < -0.4 is 5.32 Å². The topological polar surface area (TPSA) is 46.2 Å². The Hall–Kier alpha value is -1.03. The molecule has 0 aliphatic carbocycles. The van der Waals surface area contributed by atoms with Crippen molar-refractivity contribution < 1.29 is 8.42 Å². The van der Waals surface area contributed by atoms with Crippen LogP contribution in [0.5, 0.6) is 0 Å². The highest BCUT2D eigenvalue weighted by atomic mass is 32.2. The molecule has 2 unspecified atom stereocenters. The third-order valence-electron chi connectivity index (χ3n) is 3.70. The van der Waals surface area contributed by atoms with Gasteiger partial charge in [-0.3, -0.25) is 0 Å². The van der Waals surface area contributed by atoms with Crippen LogP contribution in [0.2, 0.25) is 0 Å². The van der Waals surface area contributed by atoms with Crippen LogP contribution in [0.15, 0.2) is 24.3 Å². The maximum Gasteiger partial charge on any atom is 0.152 e. The van der Waals surface area contributed by atoms with Gasteiger partial charge in [0.25, 0.3) is 0 Å². The minimum absolute atomic E-state index is 0.0736. The van der Waals surface area contributed by atoms with E-state index < -0.39 is 9.84 Å². The summed E-state index contributed by atoms with van der Waals surface area (Å²) in [5, 5.41) is 3.30. The molecule has 100 valence electrons. The van der Waals surface area contributed by atoms with Gasteiger partial charge < -0.3 is 5.32 Å². The van der Waals surface area contributed by atoms with E-state index in [1.54, 1.807) is 0 Å². The van der Waals surface area contributed by atoms with Crippen LogP contribution in [-0.4, -0.2) is 26.0 Å². The molecule has 1 heterocycles. The van der Waals surface area contributed by atoms with E-state index in [0.717, 1.165) is 18.5 Å². The van der Waals surface area contributed by atoms with E-state index in [4.69, 9.17) is 0 Å². The van der Waals surface area contributed by atoms with E-state index in [1.807, 2.05) is 12.1 Å². The van der Waals surface area contributed by atoms with Gasteiger partial charge in [-0.15, -0.1) is 0 Å². The number of hydrogen-bond donors (Lipinski definition) is 1. The first-order chi connectivity index (χ1) is 8.50. The van der Waals surface area contributed by atoms with Crippen LogP contribution in [0.25, 0.3) is 0 Å². The van der Waals surface area contributed by atoms with Crippen molar-refractivity contribution in [3.8, 4) is 0 Å². The first-order valence-corrected chi connectivity index (χ1v) is 8.39. The summed E-state index contributed by atoms with van der Waals surface area (Å²) in [6.45, 7) is 4.40. The van der Waals surface area contributed by atoms with Gasteiger partial charge in [0.15, 0.2) is 9.84 Å². The van der Waals surface area contributed by atoms with Crippen LogP contribution in [-0.2, 0) is 9.84 Å². The minimum atomic E-state index is -2.80. The second kappa shape index (κ2) is 5.31.